The normalized spacial score (nSPS) is 18.2. The second-order valence-electron chi connectivity index (χ2n) is 8.02. The van der Waals surface area contributed by atoms with E-state index in [0.717, 1.165) is 12.8 Å². The number of carbonyl (C=O) groups is 1. The topological polar surface area (TPSA) is 142 Å². The Morgan fingerprint density at radius 3 is 2.94 bits per heavy atom. The first-order valence-electron chi connectivity index (χ1n) is 10.4. The van der Waals surface area contributed by atoms with Gasteiger partial charge in [-0.25, -0.2) is 19.5 Å². The molecule has 2 atom stereocenters. The van der Waals surface area contributed by atoms with E-state index in [1.165, 1.54) is 17.2 Å². The Morgan fingerprint density at radius 2 is 2.15 bits per heavy atom. The van der Waals surface area contributed by atoms with Crippen molar-refractivity contribution in [1.82, 2.24) is 19.7 Å². The Bertz CT molecular complexity index is 1300. The zero-order valence-electron chi connectivity index (χ0n) is 17.9. The quantitative estimate of drug-likeness (QED) is 0.385. The summed E-state index contributed by atoms with van der Waals surface area (Å²) in [6.45, 7) is 0.182. The first-order valence-corrected chi connectivity index (χ1v) is 12.7. The van der Waals surface area contributed by atoms with Gasteiger partial charge in [0.1, 0.15) is 23.7 Å². The van der Waals surface area contributed by atoms with E-state index >= 15 is 0 Å². The lowest BCUT2D eigenvalue weighted by Gasteiger charge is -2.15. The van der Waals surface area contributed by atoms with Gasteiger partial charge in [0, 0.05) is 24.0 Å². The van der Waals surface area contributed by atoms with Crippen LogP contribution in [0.3, 0.4) is 0 Å². The Labute approximate surface area is 204 Å². The summed E-state index contributed by atoms with van der Waals surface area (Å²) in [5.41, 5.74) is 0.869. The molecule has 13 heteroatoms. The molecule has 0 spiro atoms. The largest absolute Gasteiger partial charge is 0.367 e. The number of benzene rings is 1. The van der Waals surface area contributed by atoms with E-state index in [2.05, 4.69) is 36.3 Å². The highest BCUT2D eigenvalue weighted by Crippen LogP contribution is 2.29. The van der Waals surface area contributed by atoms with Crippen molar-refractivity contribution in [2.75, 3.05) is 11.9 Å². The monoisotopic (exact) mass is 552 g/mol. The number of carbonyl (C=O) groups excluding carboxylic acids is 1. The number of anilines is 1. The molecule has 10 nitrogen and oxygen atoms in total. The number of nitrogens with two attached hydrogens (primary N) is 1. The van der Waals surface area contributed by atoms with E-state index in [9.17, 15) is 17.6 Å². The van der Waals surface area contributed by atoms with Gasteiger partial charge in [0.25, 0.3) is 0 Å². The average molecular weight is 553 g/mol. The SMILES string of the molecule is NS(=O)(=O)OC[C@@H]1CC[C@H](Nc2ncncc2C(=O)c2ccn(Cc3cccc(Br)c3F)n2)C1. The van der Waals surface area contributed by atoms with Crippen molar-refractivity contribution < 1.29 is 21.8 Å². The maximum absolute atomic E-state index is 14.3. The van der Waals surface area contributed by atoms with Crippen molar-refractivity contribution in [1.29, 1.82) is 0 Å². The fraction of sp³-hybridized carbons (Fsp3) is 0.333. The molecule has 1 aromatic carbocycles. The predicted octanol–water partition coefficient (Wildman–Crippen LogP) is 2.65. The lowest BCUT2D eigenvalue weighted by molar-refractivity contribution is 0.103. The second kappa shape index (κ2) is 10.3. The molecular weight excluding hydrogens is 531 g/mol. The third-order valence-corrected chi connectivity index (χ3v) is 6.62. The minimum atomic E-state index is -3.98. The number of rotatable bonds is 9. The predicted molar refractivity (Wildman–Crippen MR) is 125 cm³/mol. The molecule has 1 aliphatic rings. The van der Waals surface area contributed by atoms with E-state index in [1.807, 2.05) is 0 Å². The number of nitrogens with zero attached hydrogens (tertiary/aromatic N) is 4. The third-order valence-electron chi connectivity index (χ3n) is 5.54. The third kappa shape index (κ3) is 6.03. The second-order valence-corrected chi connectivity index (χ2v) is 10.1. The van der Waals surface area contributed by atoms with Gasteiger partial charge in [-0.2, -0.15) is 13.5 Å². The lowest BCUT2D eigenvalue weighted by Crippen LogP contribution is -2.22. The first-order chi connectivity index (χ1) is 16.2. The van der Waals surface area contributed by atoms with Crippen molar-refractivity contribution in [2.24, 2.45) is 11.1 Å². The van der Waals surface area contributed by atoms with Gasteiger partial charge in [-0.05, 0) is 53.2 Å². The van der Waals surface area contributed by atoms with Crippen LogP contribution in [-0.2, 0) is 21.0 Å². The highest BCUT2D eigenvalue weighted by molar-refractivity contribution is 9.10. The van der Waals surface area contributed by atoms with Crippen molar-refractivity contribution in [3.05, 3.63) is 70.1 Å². The minimum absolute atomic E-state index is 0.0165. The summed E-state index contributed by atoms with van der Waals surface area (Å²) in [4.78, 5) is 21.3. The average Bonchev–Trinajstić information content (AvgIpc) is 3.45. The Hall–Kier alpha value is -2.74. The number of aromatic nitrogens is 4. The van der Waals surface area contributed by atoms with Gasteiger partial charge in [0.2, 0.25) is 5.78 Å². The molecule has 2 heterocycles. The summed E-state index contributed by atoms with van der Waals surface area (Å²) in [6, 6.07) is 6.53. The van der Waals surface area contributed by atoms with Crippen molar-refractivity contribution in [2.45, 2.75) is 31.8 Å². The van der Waals surface area contributed by atoms with Crippen LogP contribution in [0.2, 0.25) is 0 Å². The van der Waals surface area contributed by atoms with E-state index < -0.39 is 10.3 Å². The molecule has 4 rings (SSSR count). The van der Waals surface area contributed by atoms with Gasteiger partial charge >= 0.3 is 10.3 Å². The standard InChI is InChI=1S/C21H22BrFN6O4S/c22-17-3-1-2-14(19(17)23)10-29-7-6-18(28-29)20(30)16-9-25-12-26-21(16)27-15-5-4-13(8-15)11-33-34(24,31)32/h1-3,6-7,9,12-13,15H,4-5,8,10-11H2,(H2,24,31,32)(H,25,26,27)/t13-,15+/m1/s1. The van der Waals surface area contributed by atoms with Gasteiger partial charge in [-0.3, -0.25) is 13.7 Å². The zero-order valence-corrected chi connectivity index (χ0v) is 20.3. The van der Waals surface area contributed by atoms with Crippen molar-refractivity contribution >= 4 is 37.8 Å². The smallest absolute Gasteiger partial charge is 0.333 e. The number of halogens is 2. The molecule has 0 radical (unpaired) electrons. The van der Waals surface area contributed by atoms with Gasteiger partial charge in [0.15, 0.2) is 0 Å². The van der Waals surface area contributed by atoms with Crippen LogP contribution in [0.15, 0.2) is 47.5 Å². The molecule has 0 unspecified atom stereocenters. The fourth-order valence-electron chi connectivity index (χ4n) is 3.91. The number of hydrogen-bond acceptors (Lipinski definition) is 8. The van der Waals surface area contributed by atoms with E-state index in [1.54, 1.807) is 30.5 Å². The van der Waals surface area contributed by atoms with Gasteiger partial charge in [-0.1, -0.05) is 12.1 Å². The maximum atomic E-state index is 14.3. The Kier molecular flexibility index (Phi) is 7.36. The summed E-state index contributed by atoms with van der Waals surface area (Å²) in [5.74, 6) is -0.363. The zero-order chi connectivity index (χ0) is 24.3. The molecule has 0 bridgehead atoms. The highest BCUT2D eigenvalue weighted by Gasteiger charge is 2.28. The number of nitrogens with one attached hydrogen (secondary N) is 1. The van der Waals surface area contributed by atoms with Crippen LogP contribution in [0.1, 0.15) is 40.9 Å². The van der Waals surface area contributed by atoms with Crippen LogP contribution in [-0.4, -0.2) is 46.6 Å². The molecule has 0 amide bonds. The molecule has 0 aliphatic heterocycles. The lowest BCUT2D eigenvalue weighted by atomic mass is 10.1. The molecule has 34 heavy (non-hydrogen) atoms. The molecule has 1 saturated carbocycles. The molecule has 1 aliphatic carbocycles. The van der Waals surface area contributed by atoms with Gasteiger partial charge < -0.3 is 5.32 Å². The first kappa shape index (κ1) is 24.4. The van der Waals surface area contributed by atoms with Crippen molar-refractivity contribution in [3.63, 3.8) is 0 Å². The van der Waals surface area contributed by atoms with Crippen LogP contribution in [0, 0.1) is 11.7 Å². The number of ketones is 1. The molecule has 2 aromatic heterocycles. The fourth-order valence-corrected chi connectivity index (χ4v) is 4.70. The Morgan fingerprint density at radius 1 is 1.32 bits per heavy atom. The molecule has 1 fully saturated rings. The molecule has 0 saturated heterocycles. The molecule has 3 N–H and O–H groups in total. The van der Waals surface area contributed by atoms with Crippen LogP contribution >= 0.6 is 15.9 Å². The summed E-state index contributed by atoms with van der Waals surface area (Å²) in [7, 11) is -3.98. The van der Waals surface area contributed by atoms with Crippen LogP contribution < -0.4 is 10.5 Å². The summed E-state index contributed by atoms with van der Waals surface area (Å²) >= 11 is 3.16. The van der Waals surface area contributed by atoms with E-state index in [0.29, 0.717) is 22.3 Å². The summed E-state index contributed by atoms with van der Waals surface area (Å²) in [5, 5.41) is 12.4. The molecule has 180 valence electrons. The van der Waals surface area contributed by atoms with E-state index in [4.69, 9.17) is 9.32 Å². The summed E-state index contributed by atoms with van der Waals surface area (Å²) in [6.07, 6.45) is 6.50. The van der Waals surface area contributed by atoms with Crippen LogP contribution in [0.25, 0.3) is 0 Å². The molecular formula is C21H22BrFN6O4S. The van der Waals surface area contributed by atoms with Crippen LogP contribution in [0.4, 0.5) is 10.2 Å². The maximum Gasteiger partial charge on any atom is 0.333 e. The van der Waals surface area contributed by atoms with E-state index in [-0.39, 0.29) is 48.0 Å². The molecule has 3 aromatic rings. The van der Waals surface area contributed by atoms with Gasteiger partial charge in [-0.15, -0.1) is 0 Å². The van der Waals surface area contributed by atoms with Crippen LogP contribution in [0.5, 0.6) is 0 Å². The highest BCUT2D eigenvalue weighted by atomic mass is 79.9. The van der Waals surface area contributed by atoms with Crippen molar-refractivity contribution in [3.8, 4) is 0 Å². The summed E-state index contributed by atoms with van der Waals surface area (Å²) < 4.78 is 42.8. The Balaban J connectivity index is 1.44. The number of hydrogen-bond donors (Lipinski definition) is 2. The minimum Gasteiger partial charge on any atom is -0.367 e. The van der Waals surface area contributed by atoms with Gasteiger partial charge in [0.05, 0.1) is 23.2 Å².